The molecule has 8 heteroatoms. The van der Waals surface area contributed by atoms with E-state index in [0.717, 1.165) is 17.5 Å². The summed E-state index contributed by atoms with van der Waals surface area (Å²) in [5, 5.41) is 12.8. The van der Waals surface area contributed by atoms with Gasteiger partial charge in [-0.15, -0.1) is 0 Å². The van der Waals surface area contributed by atoms with E-state index in [2.05, 4.69) is 11.4 Å². The van der Waals surface area contributed by atoms with Crippen molar-refractivity contribution in [3.05, 3.63) is 64.2 Å². The van der Waals surface area contributed by atoms with Gasteiger partial charge in [-0.05, 0) is 42.7 Å². The number of fused-ring (bicyclic) bond motifs is 1. The van der Waals surface area contributed by atoms with E-state index in [4.69, 9.17) is 21.6 Å². The second-order valence-electron chi connectivity index (χ2n) is 8.18. The van der Waals surface area contributed by atoms with Gasteiger partial charge in [-0.25, -0.2) is 4.79 Å². The first-order valence-electron chi connectivity index (χ1n) is 10.7. The van der Waals surface area contributed by atoms with Crippen molar-refractivity contribution in [2.24, 2.45) is 0 Å². The molecule has 1 saturated heterocycles. The second kappa shape index (κ2) is 9.49. The molecule has 0 radical (unpaired) electrons. The van der Waals surface area contributed by atoms with Gasteiger partial charge in [0.25, 0.3) is 0 Å². The van der Waals surface area contributed by atoms with Crippen molar-refractivity contribution >= 4 is 23.5 Å². The number of urea groups is 1. The largest absolute Gasteiger partial charge is 0.493 e. The molecular formula is C24H25ClN4O3. The van der Waals surface area contributed by atoms with E-state index in [1.165, 1.54) is 0 Å². The van der Waals surface area contributed by atoms with Crippen LogP contribution in [0, 0.1) is 11.3 Å². The van der Waals surface area contributed by atoms with E-state index < -0.39 is 6.04 Å². The summed E-state index contributed by atoms with van der Waals surface area (Å²) in [7, 11) is 1.76. The highest BCUT2D eigenvalue weighted by Crippen LogP contribution is 2.33. The molecule has 166 valence electrons. The van der Waals surface area contributed by atoms with Crippen molar-refractivity contribution in [2.75, 3.05) is 20.2 Å². The molecular weight excluding hydrogens is 428 g/mol. The molecule has 2 atom stereocenters. The maximum absolute atomic E-state index is 13.1. The highest BCUT2D eigenvalue weighted by Gasteiger charge is 2.37. The van der Waals surface area contributed by atoms with Crippen LogP contribution in [0.2, 0.25) is 5.02 Å². The van der Waals surface area contributed by atoms with E-state index in [1.807, 2.05) is 18.2 Å². The zero-order chi connectivity index (χ0) is 22.7. The minimum atomic E-state index is -0.479. The minimum absolute atomic E-state index is 0.0707. The maximum atomic E-state index is 13.1. The van der Waals surface area contributed by atoms with Gasteiger partial charge in [0.05, 0.1) is 24.3 Å². The molecule has 2 aliphatic rings. The van der Waals surface area contributed by atoms with Crippen molar-refractivity contribution in [1.82, 2.24) is 15.1 Å². The summed E-state index contributed by atoms with van der Waals surface area (Å²) in [6.45, 7) is 1.45. The number of hydrogen-bond acceptors (Lipinski definition) is 4. The number of carbonyl (C=O) groups excluding carboxylic acids is 2. The lowest BCUT2D eigenvalue weighted by atomic mass is 9.99. The first kappa shape index (κ1) is 22.0. The van der Waals surface area contributed by atoms with Gasteiger partial charge in [-0.1, -0.05) is 29.8 Å². The lowest BCUT2D eigenvalue weighted by Gasteiger charge is -2.32. The predicted molar refractivity (Wildman–Crippen MR) is 120 cm³/mol. The van der Waals surface area contributed by atoms with Crippen molar-refractivity contribution in [3.63, 3.8) is 0 Å². The molecule has 0 bridgehead atoms. The number of carbonyl (C=O) groups is 2. The first-order chi connectivity index (χ1) is 15.5. The highest BCUT2D eigenvalue weighted by atomic mass is 35.5. The average Bonchev–Trinajstić information content (AvgIpc) is 3.30. The number of likely N-dealkylation sites (N-methyl/N-ethyl adjacent to an activating group) is 1. The molecule has 7 nitrogen and oxygen atoms in total. The topological polar surface area (TPSA) is 85.7 Å². The van der Waals surface area contributed by atoms with E-state index in [0.29, 0.717) is 48.9 Å². The zero-order valence-corrected chi connectivity index (χ0v) is 18.6. The molecule has 2 aromatic carbocycles. The van der Waals surface area contributed by atoms with Gasteiger partial charge in [0, 0.05) is 37.1 Å². The number of nitrogens with one attached hydrogen (secondary N) is 1. The van der Waals surface area contributed by atoms with Gasteiger partial charge in [0.2, 0.25) is 5.91 Å². The predicted octanol–water partition coefficient (Wildman–Crippen LogP) is 3.87. The Balaban J connectivity index is 1.42. The summed E-state index contributed by atoms with van der Waals surface area (Å²) in [5.41, 5.74) is 2.35. The van der Waals surface area contributed by atoms with E-state index in [-0.39, 0.29) is 18.0 Å². The molecule has 2 aromatic rings. The number of likely N-dealkylation sites (tertiary alicyclic amines) is 1. The Bertz CT molecular complexity index is 1050. The quantitative estimate of drug-likeness (QED) is 0.763. The first-order valence-corrected chi connectivity index (χ1v) is 11.1. The fourth-order valence-corrected chi connectivity index (χ4v) is 4.43. The zero-order valence-electron chi connectivity index (χ0n) is 17.9. The Labute approximate surface area is 192 Å². The summed E-state index contributed by atoms with van der Waals surface area (Å²) >= 11 is 5.94. The van der Waals surface area contributed by atoms with Gasteiger partial charge in [0.1, 0.15) is 11.8 Å². The summed E-state index contributed by atoms with van der Waals surface area (Å²) < 4.78 is 5.67. The highest BCUT2D eigenvalue weighted by molar-refractivity contribution is 6.30. The number of rotatable bonds is 4. The van der Waals surface area contributed by atoms with Gasteiger partial charge >= 0.3 is 6.03 Å². The number of benzene rings is 2. The molecule has 0 spiro atoms. The number of hydrogen-bond donors (Lipinski definition) is 1. The van der Waals surface area contributed by atoms with Crippen LogP contribution in [0.1, 0.15) is 42.0 Å². The van der Waals surface area contributed by atoms with Crippen LogP contribution < -0.4 is 10.1 Å². The lowest BCUT2D eigenvalue weighted by molar-refractivity contribution is -0.134. The average molecular weight is 453 g/mol. The summed E-state index contributed by atoms with van der Waals surface area (Å²) in [4.78, 5) is 29.5. The smallest absolute Gasteiger partial charge is 0.318 e. The van der Waals surface area contributed by atoms with E-state index in [1.54, 1.807) is 41.1 Å². The second-order valence-corrected chi connectivity index (χ2v) is 8.61. The third-order valence-electron chi connectivity index (χ3n) is 5.99. The Hall–Kier alpha value is -3.24. The minimum Gasteiger partial charge on any atom is -0.493 e. The van der Waals surface area contributed by atoms with Crippen LogP contribution in [-0.2, 0) is 11.3 Å². The molecule has 1 fully saturated rings. The summed E-state index contributed by atoms with van der Waals surface area (Å²) in [5.74, 6) is 0.552. The van der Waals surface area contributed by atoms with Crippen LogP contribution in [0.25, 0.3) is 0 Å². The third kappa shape index (κ3) is 4.66. The third-order valence-corrected chi connectivity index (χ3v) is 6.24. The summed E-state index contributed by atoms with van der Waals surface area (Å²) in [6, 6.07) is 13.8. The van der Waals surface area contributed by atoms with Crippen molar-refractivity contribution in [3.8, 4) is 11.8 Å². The molecule has 0 aliphatic carbocycles. The monoisotopic (exact) mass is 452 g/mol. The molecule has 1 N–H and O–H groups in total. The fourth-order valence-electron chi connectivity index (χ4n) is 4.30. The molecule has 2 aliphatic heterocycles. The van der Waals surface area contributed by atoms with Gasteiger partial charge in [-0.3, -0.25) is 4.79 Å². The lowest BCUT2D eigenvalue weighted by Crippen LogP contribution is -2.50. The normalized spacial score (nSPS) is 19.5. The van der Waals surface area contributed by atoms with Crippen molar-refractivity contribution in [1.29, 1.82) is 5.26 Å². The summed E-state index contributed by atoms with van der Waals surface area (Å²) in [6.07, 6.45) is 2.06. The van der Waals surface area contributed by atoms with Crippen LogP contribution in [0.3, 0.4) is 0 Å². The van der Waals surface area contributed by atoms with Gasteiger partial charge in [-0.2, -0.15) is 5.26 Å². The van der Waals surface area contributed by atoms with Crippen LogP contribution in [0.15, 0.2) is 42.5 Å². The van der Waals surface area contributed by atoms with Crippen LogP contribution in [0.5, 0.6) is 5.75 Å². The van der Waals surface area contributed by atoms with E-state index >= 15 is 0 Å². The number of halogens is 1. The van der Waals surface area contributed by atoms with Crippen LogP contribution in [0.4, 0.5) is 4.79 Å². The fraction of sp³-hybridized carbons (Fsp3) is 0.375. The molecule has 1 unspecified atom stereocenters. The Morgan fingerprint density at radius 1 is 1.25 bits per heavy atom. The number of amides is 3. The molecule has 32 heavy (non-hydrogen) atoms. The van der Waals surface area contributed by atoms with Crippen molar-refractivity contribution < 1.29 is 14.3 Å². The van der Waals surface area contributed by atoms with Crippen LogP contribution in [-0.4, -0.2) is 48.0 Å². The Morgan fingerprint density at radius 3 is 2.78 bits per heavy atom. The van der Waals surface area contributed by atoms with Crippen LogP contribution >= 0.6 is 11.6 Å². The molecule has 4 rings (SSSR count). The van der Waals surface area contributed by atoms with Gasteiger partial charge in [0.15, 0.2) is 0 Å². The number of ether oxygens (including phenoxy) is 1. The van der Waals surface area contributed by atoms with Crippen molar-refractivity contribution in [2.45, 2.75) is 37.9 Å². The molecule has 0 saturated carbocycles. The standard InChI is InChI=1S/C24H25ClN4O3/c1-28(15-16-4-7-18(25)8-5-16)23(30)21-3-2-11-29(21)24(31)27-20-10-12-32-22-13-17(14-26)6-9-19(20)22/h4-9,13,20-21H,2-3,10-12,15H2,1H3,(H,27,31)/t20?,21-/m1/s1. The van der Waals surface area contributed by atoms with Gasteiger partial charge < -0.3 is 19.9 Å². The Kier molecular flexibility index (Phi) is 6.52. The molecule has 3 amide bonds. The molecule has 0 aromatic heterocycles. The Morgan fingerprint density at radius 2 is 2.03 bits per heavy atom. The number of nitrogens with zero attached hydrogens (tertiary/aromatic N) is 3. The maximum Gasteiger partial charge on any atom is 0.318 e. The SMILES string of the molecule is CN(Cc1ccc(Cl)cc1)C(=O)[C@H]1CCCN1C(=O)NC1CCOc2cc(C#N)ccc21. The van der Waals surface area contributed by atoms with E-state index in [9.17, 15) is 9.59 Å². The number of nitriles is 1. The molecule has 2 heterocycles.